The maximum Gasteiger partial charge on any atom is 0.246 e. The molecule has 1 aliphatic rings. The zero-order chi connectivity index (χ0) is 22.8. The summed E-state index contributed by atoms with van der Waals surface area (Å²) in [5, 5.41) is 13.8. The van der Waals surface area contributed by atoms with Crippen LogP contribution in [0.3, 0.4) is 0 Å². The number of carbonyl (C=O) groups excluding carboxylic acids is 2. The van der Waals surface area contributed by atoms with Crippen molar-refractivity contribution >= 4 is 23.4 Å². The first-order valence-corrected chi connectivity index (χ1v) is 11.0. The molecule has 1 saturated heterocycles. The SMILES string of the molecule is CC(=O)N[C@H](C(=O)N1C[C@H](O)C[C@H]1c1ncc(CCc2cccc(Cl)c2)[nH]1)C(C)(C)C. The number of amides is 2. The van der Waals surface area contributed by atoms with E-state index in [0.29, 0.717) is 17.3 Å². The second-order valence-corrected chi connectivity index (χ2v) is 9.76. The van der Waals surface area contributed by atoms with Crippen LogP contribution >= 0.6 is 11.6 Å². The summed E-state index contributed by atoms with van der Waals surface area (Å²) in [5.74, 6) is 0.188. The first-order chi connectivity index (χ1) is 14.5. The summed E-state index contributed by atoms with van der Waals surface area (Å²) in [5.41, 5.74) is 1.63. The highest BCUT2D eigenvalue weighted by molar-refractivity contribution is 6.30. The van der Waals surface area contributed by atoms with Crippen LogP contribution in [0.1, 0.15) is 57.2 Å². The monoisotopic (exact) mass is 446 g/mol. The fourth-order valence-corrected chi connectivity index (χ4v) is 4.19. The molecule has 0 radical (unpaired) electrons. The summed E-state index contributed by atoms with van der Waals surface area (Å²) in [7, 11) is 0. The topological polar surface area (TPSA) is 98.3 Å². The number of halogens is 1. The Morgan fingerprint density at radius 1 is 1.35 bits per heavy atom. The van der Waals surface area contributed by atoms with E-state index in [4.69, 9.17) is 11.6 Å². The lowest BCUT2D eigenvalue weighted by Crippen LogP contribution is -2.54. The number of hydrogen-bond donors (Lipinski definition) is 3. The van der Waals surface area contributed by atoms with Crippen molar-refractivity contribution in [2.24, 2.45) is 5.41 Å². The van der Waals surface area contributed by atoms with Gasteiger partial charge in [-0.25, -0.2) is 4.98 Å². The van der Waals surface area contributed by atoms with Crippen LogP contribution < -0.4 is 5.32 Å². The molecule has 0 aliphatic carbocycles. The van der Waals surface area contributed by atoms with Crippen LogP contribution in [0.15, 0.2) is 30.5 Å². The Labute approximate surface area is 188 Å². The molecule has 0 unspecified atom stereocenters. The van der Waals surface area contributed by atoms with Gasteiger partial charge in [-0.3, -0.25) is 9.59 Å². The molecule has 7 nitrogen and oxygen atoms in total. The number of hydrogen-bond acceptors (Lipinski definition) is 4. The van der Waals surface area contributed by atoms with Gasteiger partial charge in [-0.2, -0.15) is 0 Å². The molecule has 168 valence electrons. The van der Waals surface area contributed by atoms with Gasteiger partial charge in [0.1, 0.15) is 11.9 Å². The standard InChI is InChI=1S/C23H31ClN4O3/c1-14(29)26-20(23(2,3)4)22(31)28-13-18(30)11-19(28)21-25-12-17(27-21)9-8-15-6-5-7-16(24)10-15/h5-7,10,12,18-20,30H,8-9,11,13H2,1-4H3,(H,25,27)(H,26,29)/t18-,19+,20-/m1/s1. The van der Waals surface area contributed by atoms with Gasteiger partial charge in [0.25, 0.3) is 0 Å². The number of likely N-dealkylation sites (tertiary alicyclic amines) is 1. The number of H-pyrrole nitrogens is 1. The number of aliphatic hydroxyl groups excluding tert-OH is 1. The molecule has 0 bridgehead atoms. The van der Waals surface area contributed by atoms with Crippen LogP contribution in [0.5, 0.6) is 0 Å². The second-order valence-electron chi connectivity index (χ2n) is 9.32. The van der Waals surface area contributed by atoms with Crippen molar-refractivity contribution in [2.75, 3.05) is 6.54 Å². The van der Waals surface area contributed by atoms with Gasteiger partial charge in [-0.15, -0.1) is 0 Å². The molecule has 31 heavy (non-hydrogen) atoms. The van der Waals surface area contributed by atoms with E-state index in [1.165, 1.54) is 6.92 Å². The summed E-state index contributed by atoms with van der Waals surface area (Å²) in [6.07, 6.45) is 3.12. The van der Waals surface area contributed by atoms with Gasteiger partial charge in [-0.1, -0.05) is 44.5 Å². The molecule has 0 saturated carbocycles. The minimum atomic E-state index is -0.685. The lowest BCUT2D eigenvalue weighted by molar-refractivity contribution is -0.140. The van der Waals surface area contributed by atoms with Crippen molar-refractivity contribution in [3.8, 4) is 0 Å². The number of rotatable bonds is 6. The zero-order valence-electron chi connectivity index (χ0n) is 18.5. The van der Waals surface area contributed by atoms with Crippen LogP contribution in [-0.4, -0.2) is 50.5 Å². The Hall–Kier alpha value is -2.38. The van der Waals surface area contributed by atoms with Gasteiger partial charge in [0, 0.05) is 36.8 Å². The van der Waals surface area contributed by atoms with E-state index in [1.54, 1.807) is 11.1 Å². The van der Waals surface area contributed by atoms with Crippen LogP contribution in [0, 0.1) is 5.41 Å². The number of aromatic amines is 1. The van der Waals surface area contributed by atoms with Gasteiger partial charge in [0.2, 0.25) is 11.8 Å². The minimum absolute atomic E-state index is 0.207. The van der Waals surface area contributed by atoms with E-state index in [9.17, 15) is 14.7 Å². The lowest BCUT2D eigenvalue weighted by Gasteiger charge is -2.35. The maximum atomic E-state index is 13.4. The van der Waals surface area contributed by atoms with Crippen LogP contribution in [-0.2, 0) is 22.4 Å². The van der Waals surface area contributed by atoms with Crippen LogP contribution in [0.2, 0.25) is 5.02 Å². The van der Waals surface area contributed by atoms with Gasteiger partial charge in [0.15, 0.2) is 0 Å². The maximum absolute atomic E-state index is 13.4. The van der Waals surface area contributed by atoms with Crippen LogP contribution in [0.25, 0.3) is 0 Å². The number of benzene rings is 1. The molecule has 2 amide bonds. The van der Waals surface area contributed by atoms with Gasteiger partial charge in [-0.05, 0) is 36.0 Å². The summed E-state index contributed by atoms with van der Waals surface area (Å²) in [6.45, 7) is 7.35. The van der Waals surface area contributed by atoms with Crippen LogP contribution in [0.4, 0.5) is 0 Å². The van der Waals surface area contributed by atoms with E-state index in [1.807, 2.05) is 45.0 Å². The Balaban J connectivity index is 1.75. The van der Waals surface area contributed by atoms with Gasteiger partial charge in [0.05, 0.1) is 12.1 Å². The molecule has 3 atom stereocenters. The number of aromatic nitrogens is 2. The fourth-order valence-electron chi connectivity index (χ4n) is 3.98. The number of aryl methyl sites for hydroxylation is 2. The first kappa shape index (κ1) is 23.3. The van der Waals surface area contributed by atoms with Crippen molar-refractivity contribution in [1.29, 1.82) is 0 Å². The van der Waals surface area contributed by atoms with Crippen molar-refractivity contribution in [2.45, 2.75) is 65.1 Å². The molecular formula is C23H31ClN4O3. The highest BCUT2D eigenvalue weighted by Gasteiger charge is 2.43. The Morgan fingerprint density at radius 2 is 2.10 bits per heavy atom. The summed E-state index contributed by atoms with van der Waals surface area (Å²) in [4.78, 5) is 34.5. The molecule has 0 spiro atoms. The molecule has 1 aromatic carbocycles. The third-order valence-electron chi connectivity index (χ3n) is 5.56. The lowest BCUT2D eigenvalue weighted by atomic mass is 9.85. The quantitative estimate of drug-likeness (QED) is 0.635. The normalized spacial score (nSPS) is 20.0. The zero-order valence-corrected chi connectivity index (χ0v) is 19.2. The van der Waals surface area contributed by atoms with E-state index in [0.717, 1.165) is 24.1 Å². The molecule has 8 heteroatoms. The van der Waals surface area contributed by atoms with E-state index >= 15 is 0 Å². The summed E-state index contributed by atoms with van der Waals surface area (Å²) < 4.78 is 0. The van der Waals surface area contributed by atoms with Gasteiger partial charge >= 0.3 is 0 Å². The number of β-amino-alcohol motifs (C(OH)–C–C–N with tert-alkyl or cyclic N) is 1. The van der Waals surface area contributed by atoms with E-state index in [-0.39, 0.29) is 24.4 Å². The third kappa shape index (κ3) is 5.86. The average Bonchev–Trinajstić information content (AvgIpc) is 3.29. The predicted octanol–water partition coefficient (Wildman–Crippen LogP) is 3.03. The molecule has 1 aromatic heterocycles. The number of nitrogens with zero attached hydrogens (tertiary/aromatic N) is 2. The molecule has 1 aliphatic heterocycles. The van der Waals surface area contributed by atoms with E-state index < -0.39 is 17.6 Å². The average molecular weight is 447 g/mol. The van der Waals surface area contributed by atoms with Crippen molar-refractivity contribution in [3.63, 3.8) is 0 Å². The Morgan fingerprint density at radius 3 is 2.74 bits per heavy atom. The van der Waals surface area contributed by atoms with Gasteiger partial charge < -0.3 is 20.3 Å². The fraction of sp³-hybridized carbons (Fsp3) is 0.522. The third-order valence-corrected chi connectivity index (χ3v) is 5.79. The second kappa shape index (κ2) is 9.40. The highest BCUT2D eigenvalue weighted by atomic mass is 35.5. The molecule has 3 N–H and O–H groups in total. The van der Waals surface area contributed by atoms with Crippen molar-refractivity contribution < 1.29 is 14.7 Å². The largest absolute Gasteiger partial charge is 0.391 e. The van der Waals surface area contributed by atoms with Crippen molar-refractivity contribution in [3.05, 3.63) is 52.6 Å². The number of aliphatic hydroxyl groups is 1. The summed E-state index contributed by atoms with van der Waals surface area (Å²) >= 11 is 6.06. The number of carbonyl (C=O) groups is 2. The molecular weight excluding hydrogens is 416 g/mol. The predicted molar refractivity (Wildman–Crippen MR) is 120 cm³/mol. The van der Waals surface area contributed by atoms with E-state index in [2.05, 4.69) is 15.3 Å². The highest BCUT2D eigenvalue weighted by Crippen LogP contribution is 2.33. The number of nitrogens with one attached hydrogen (secondary N) is 2. The summed E-state index contributed by atoms with van der Waals surface area (Å²) in [6, 6.07) is 6.71. The Bertz CT molecular complexity index is 937. The Kier molecular flexibility index (Phi) is 7.06. The minimum Gasteiger partial charge on any atom is -0.391 e. The van der Waals surface area contributed by atoms with Crippen molar-refractivity contribution in [1.82, 2.24) is 20.2 Å². The number of imidazole rings is 1. The molecule has 1 fully saturated rings. The molecule has 2 aromatic rings. The molecule has 2 heterocycles. The smallest absolute Gasteiger partial charge is 0.246 e. The first-order valence-electron chi connectivity index (χ1n) is 10.6. The molecule has 3 rings (SSSR count).